The molecule has 0 saturated carbocycles. The number of rotatable bonds is 5. The Morgan fingerprint density at radius 2 is 1.96 bits per heavy atom. The molecule has 0 aliphatic heterocycles. The summed E-state index contributed by atoms with van der Waals surface area (Å²) in [4.78, 5) is 12.4. The molecule has 1 aromatic heterocycles. The highest BCUT2D eigenvalue weighted by Gasteiger charge is 2.14. The van der Waals surface area contributed by atoms with Crippen LogP contribution in [0.4, 0.5) is 10.5 Å². The van der Waals surface area contributed by atoms with Crippen LogP contribution in [0.1, 0.15) is 29.9 Å². The second kappa shape index (κ2) is 7.86. The molecule has 8 nitrogen and oxygen atoms in total. The maximum absolute atomic E-state index is 12.4. The molecule has 0 fully saturated rings. The predicted molar refractivity (Wildman–Crippen MR) is 102 cm³/mol. The average molecular weight is 366 g/mol. The molecule has 2 amide bonds. The Balaban J connectivity index is 1.77. The van der Waals surface area contributed by atoms with Crippen LogP contribution in [-0.4, -0.2) is 33.3 Å². The summed E-state index contributed by atoms with van der Waals surface area (Å²) >= 11 is 0. The van der Waals surface area contributed by atoms with Crippen LogP contribution in [0.2, 0.25) is 0 Å². The molecule has 0 spiro atoms. The van der Waals surface area contributed by atoms with Gasteiger partial charge in [0.25, 0.3) is 0 Å². The van der Waals surface area contributed by atoms with Crippen molar-refractivity contribution in [1.82, 2.24) is 25.5 Å². The SMILES string of the molecule is COc1ccc(NC(=O)NC(C)c2ccccc2C)cc1-n1nnnc1C. The lowest BCUT2D eigenvalue weighted by molar-refractivity contribution is 0.249. The molecule has 140 valence electrons. The van der Waals surface area contributed by atoms with E-state index in [0.29, 0.717) is 22.9 Å². The molecule has 0 radical (unpaired) electrons. The molecule has 3 aromatic rings. The average Bonchev–Trinajstić information content (AvgIpc) is 3.07. The molecule has 1 atom stereocenters. The van der Waals surface area contributed by atoms with Gasteiger partial charge in [-0.15, -0.1) is 5.10 Å². The Labute approximate surface area is 157 Å². The van der Waals surface area contributed by atoms with Gasteiger partial charge in [0, 0.05) is 5.69 Å². The number of methoxy groups -OCH3 is 1. The van der Waals surface area contributed by atoms with E-state index in [1.807, 2.05) is 38.1 Å². The Morgan fingerprint density at radius 1 is 1.19 bits per heavy atom. The van der Waals surface area contributed by atoms with Crippen molar-refractivity contribution in [3.8, 4) is 11.4 Å². The number of nitrogens with one attached hydrogen (secondary N) is 2. The van der Waals surface area contributed by atoms with E-state index in [4.69, 9.17) is 4.74 Å². The number of anilines is 1. The molecular weight excluding hydrogens is 344 g/mol. The lowest BCUT2D eigenvalue weighted by Gasteiger charge is -2.17. The lowest BCUT2D eigenvalue weighted by Crippen LogP contribution is -2.31. The van der Waals surface area contributed by atoms with Crippen LogP contribution in [0.5, 0.6) is 5.75 Å². The van der Waals surface area contributed by atoms with Crippen LogP contribution in [0, 0.1) is 13.8 Å². The summed E-state index contributed by atoms with van der Waals surface area (Å²) in [5, 5.41) is 17.3. The van der Waals surface area contributed by atoms with Crippen molar-refractivity contribution in [3.05, 3.63) is 59.4 Å². The van der Waals surface area contributed by atoms with Crippen molar-refractivity contribution >= 4 is 11.7 Å². The largest absolute Gasteiger partial charge is 0.494 e. The summed E-state index contributed by atoms with van der Waals surface area (Å²) in [7, 11) is 1.57. The van der Waals surface area contributed by atoms with E-state index >= 15 is 0 Å². The molecule has 27 heavy (non-hydrogen) atoms. The molecular formula is C19H22N6O2. The van der Waals surface area contributed by atoms with Crippen LogP contribution in [0.15, 0.2) is 42.5 Å². The van der Waals surface area contributed by atoms with Gasteiger partial charge in [0.05, 0.1) is 13.2 Å². The maximum atomic E-state index is 12.4. The van der Waals surface area contributed by atoms with Gasteiger partial charge >= 0.3 is 6.03 Å². The number of ether oxygens (including phenoxy) is 1. The number of aromatic nitrogens is 4. The summed E-state index contributed by atoms with van der Waals surface area (Å²) in [6, 6.07) is 12.8. The fraction of sp³-hybridized carbons (Fsp3) is 0.263. The third-order valence-corrected chi connectivity index (χ3v) is 4.29. The van der Waals surface area contributed by atoms with Gasteiger partial charge < -0.3 is 15.4 Å². The van der Waals surface area contributed by atoms with Gasteiger partial charge in [-0.2, -0.15) is 4.68 Å². The maximum Gasteiger partial charge on any atom is 0.319 e. The van der Waals surface area contributed by atoms with Crippen molar-refractivity contribution in [1.29, 1.82) is 0 Å². The topological polar surface area (TPSA) is 94.0 Å². The highest BCUT2D eigenvalue weighted by molar-refractivity contribution is 5.90. The van der Waals surface area contributed by atoms with Crippen molar-refractivity contribution in [2.45, 2.75) is 26.8 Å². The third-order valence-electron chi connectivity index (χ3n) is 4.29. The van der Waals surface area contributed by atoms with Gasteiger partial charge in [-0.25, -0.2) is 4.79 Å². The number of hydrogen-bond donors (Lipinski definition) is 2. The number of nitrogens with zero attached hydrogens (tertiary/aromatic N) is 4. The molecule has 2 N–H and O–H groups in total. The molecule has 3 rings (SSSR count). The Morgan fingerprint density at radius 3 is 2.63 bits per heavy atom. The number of amides is 2. The first-order valence-corrected chi connectivity index (χ1v) is 8.56. The molecule has 1 unspecified atom stereocenters. The van der Waals surface area contributed by atoms with Gasteiger partial charge in [-0.05, 0) is 60.5 Å². The zero-order chi connectivity index (χ0) is 19.4. The van der Waals surface area contributed by atoms with Gasteiger partial charge in [-0.3, -0.25) is 0 Å². The fourth-order valence-corrected chi connectivity index (χ4v) is 2.90. The van der Waals surface area contributed by atoms with Gasteiger partial charge in [0.15, 0.2) is 5.82 Å². The first-order valence-electron chi connectivity index (χ1n) is 8.56. The summed E-state index contributed by atoms with van der Waals surface area (Å²) in [6.45, 7) is 5.76. The van der Waals surface area contributed by atoms with E-state index in [9.17, 15) is 4.79 Å². The smallest absolute Gasteiger partial charge is 0.319 e. The number of carbonyl (C=O) groups excluding carboxylic acids is 1. The van der Waals surface area contributed by atoms with Gasteiger partial charge in [-0.1, -0.05) is 24.3 Å². The second-order valence-electron chi connectivity index (χ2n) is 6.20. The molecule has 0 aliphatic rings. The molecule has 0 aliphatic carbocycles. The van der Waals surface area contributed by atoms with E-state index in [1.165, 1.54) is 0 Å². The third kappa shape index (κ3) is 4.05. The van der Waals surface area contributed by atoms with Crippen molar-refractivity contribution < 1.29 is 9.53 Å². The van der Waals surface area contributed by atoms with Crippen LogP contribution in [0.3, 0.4) is 0 Å². The molecule has 0 bridgehead atoms. The van der Waals surface area contributed by atoms with Gasteiger partial charge in [0.1, 0.15) is 11.4 Å². The van der Waals surface area contributed by atoms with Crippen molar-refractivity contribution in [2.24, 2.45) is 0 Å². The predicted octanol–water partition coefficient (Wildman–Crippen LogP) is 3.17. The number of urea groups is 1. The minimum atomic E-state index is -0.296. The molecule has 2 aromatic carbocycles. The van der Waals surface area contributed by atoms with Crippen molar-refractivity contribution in [3.63, 3.8) is 0 Å². The summed E-state index contributed by atoms with van der Waals surface area (Å²) in [5.41, 5.74) is 3.46. The zero-order valence-electron chi connectivity index (χ0n) is 15.7. The number of benzene rings is 2. The van der Waals surface area contributed by atoms with E-state index in [2.05, 4.69) is 26.2 Å². The quantitative estimate of drug-likeness (QED) is 0.723. The highest BCUT2D eigenvalue weighted by Crippen LogP contribution is 2.26. The lowest BCUT2D eigenvalue weighted by atomic mass is 10.0. The summed E-state index contributed by atoms with van der Waals surface area (Å²) in [6.07, 6.45) is 0. The van der Waals surface area contributed by atoms with Crippen LogP contribution >= 0.6 is 0 Å². The Hall–Kier alpha value is -3.42. The fourth-order valence-electron chi connectivity index (χ4n) is 2.90. The number of aryl methyl sites for hydroxylation is 2. The Bertz CT molecular complexity index is 953. The van der Waals surface area contributed by atoms with E-state index in [1.54, 1.807) is 36.9 Å². The zero-order valence-corrected chi connectivity index (χ0v) is 15.7. The second-order valence-corrected chi connectivity index (χ2v) is 6.20. The standard InChI is InChI=1S/C19H22N6O2/c1-12-7-5-6-8-16(12)13(2)20-19(26)21-15-9-10-18(27-4)17(11-15)25-14(3)22-23-24-25/h5-11,13H,1-4H3,(H2,20,21,26). The molecule has 1 heterocycles. The first kappa shape index (κ1) is 18.4. The van der Waals surface area contributed by atoms with Crippen LogP contribution in [-0.2, 0) is 0 Å². The number of hydrogen-bond acceptors (Lipinski definition) is 5. The summed E-state index contributed by atoms with van der Waals surface area (Å²) in [5.74, 6) is 1.22. The Kier molecular flexibility index (Phi) is 5.35. The normalized spacial score (nSPS) is 11.7. The monoisotopic (exact) mass is 366 g/mol. The minimum absolute atomic E-state index is 0.120. The van der Waals surface area contributed by atoms with E-state index in [0.717, 1.165) is 11.1 Å². The summed E-state index contributed by atoms with van der Waals surface area (Å²) < 4.78 is 6.93. The van der Waals surface area contributed by atoms with Gasteiger partial charge in [0.2, 0.25) is 0 Å². The van der Waals surface area contributed by atoms with Crippen LogP contribution in [0.25, 0.3) is 5.69 Å². The highest BCUT2D eigenvalue weighted by atomic mass is 16.5. The van der Waals surface area contributed by atoms with Crippen LogP contribution < -0.4 is 15.4 Å². The first-order chi connectivity index (χ1) is 13.0. The number of tetrazole rings is 1. The molecule has 0 saturated heterocycles. The van der Waals surface area contributed by atoms with E-state index < -0.39 is 0 Å². The van der Waals surface area contributed by atoms with E-state index in [-0.39, 0.29) is 12.1 Å². The molecule has 8 heteroatoms. The van der Waals surface area contributed by atoms with Crippen molar-refractivity contribution in [2.75, 3.05) is 12.4 Å². The minimum Gasteiger partial charge on any atom is -0.494 e. The number of carbonyl (C=O) groups is 1.